The van der Waals surface area contributed by atoms with Crippen LogP contribution < -0.4 is 10.2 Å². The Morgan fingerprint density at radius 2 is 0.838 bits per heavy atom. The molecule has 2 N–H and O–H groups in total. The van der Waals surface area contributed by atoms with E-state index in [-0.39, 0.29) is 18.9 Å². The summed E-state index contributed by atoms with van der Waals surface area (Å²) in [6.07, 6.45) is 80.5. The summed E-state index contributed by atoms with van der Waals surface area (Å²) in [6, 6.07) is -0.942. The Morgan fingerprint density at radius 3 is 1.26 bits per heavy atom. The zero-order chi connectivity index (χ0) is 54.2. The maximum Gasteiger partial charge on any atom is 0.268 e. The van der Waals surface area contributed by atoms with E-state index in [2.05, 4.69) is 116 Å². The summed E-state index contributed by atoms with van der Waals surface area (Å²) in [5, 5.41) is 13.8. The van der Waals surface area contributed by atoms with Crippen LogP contribution in [0.5, 0.6) is 0 Å². The zero-order valence-corrected chi connectivity index (χ0v) is 49.4. The molecule has 74 heavy (non-hydrogen) atoms. The molecule has 0 radical (unpaired) electrons. The Bertz CT molecular complexity index is 1570. The summed E-state index contributed by atoms with van der Waals surface area (Å²) >= 11 is 0. The molecular formula is C65H115N2O6P. The van der Waals surface area contributed by atoms with Crippen LogP contribution in [-0.4, -0.2) is 68.5 Å². The number of aliphatic hydroxyl groups is 1. The summed E-state index contributed by atoms with van der Waals surface area (Å²) in [6.45, 7) is 4.47. The predicted octanol–water partition coefficient (Wildman–Crippen LogP) is 18.1. The second kappa shape index (κ2) is 54.9. The SMILES string of the molecule is CC/C=C\C/C=C\C/C=C\C/C=C\C/C=C\C/C=C\CCCCC(=O)NC(COP(=O)([O-])OCC[N+](C)(C)C)C(O)/C=C/CC/C=C/CC/C=C/CCCCCCCCCCCCCCCCCCCCCCC. The number of hydrogen-bond acceptors (Lipinski definition) is 6. The summed E-state index contributed by atoms with van der Waals surface area (Å²) in [5.74, 6) is -0.256. The van der Waals surface area contributed by atoms with Crippen LogP contribution in [0.4, 0.5) is 0 Å². The van der Waals surface area contributed by atoms with Gasteiger partial charge >= 0.3 is 0 Å². The van der Waals surface area contributed by atoms with E-state index in [0.29, 0.717) is 23.9 Å². The molecule has 0 bridgehead atoms. The van der Waals surface area contributed by atoms with Gasteiger partial charge in [-0.15, -0.1) is 0 Å². The smallest absolute Gasteiger partial charge is 0.268 e. The largest absolute Gasteiger partial charge is 0.756 e. The first-order valence-corrected chi connectivity index (χ1v) is 31.7. The van der Waals surface area contributed by atoms with Gasteiger partial charge in [0.2, 0.25) is 5.91 Å². The van der Waals surface area contributed by atoms with Crippen LogP contribution in [0.15, 0.2) is 109 Å². The molecule has 3 atom stereocenters. The van der Waals surface area contributed by atoms with Gasteiger partial charge in [-0.25, -0.2) is 0 Å². The summed E-state index contributed by atoms with van der Waals surface area (Å²) < 4.78 is 23.3. The molecule has 0 rings (SSSR count). The van der Waals surface area contributed by atoms with Crippen molar-refractivity contribution in [2.45, 2.75) is 257 Å². The highest BCUT2D eigenvalue weighted by Crippen LogP contribution is 2.38. The quantitative estimate of drug-likeness (QED) is 0.0272. The normalized spacial score (nSPS) is 14.6. The van der Waals surface area contributed by atoms with Crippen LogP contribution in [0.25, 0.3) is 0 Å². The van der Waals surface area contributed by atoms with Gasteiger partial charge in [0, 0.05) is 6.42 Å². The highest BCUT2D eigenvalue weighted by molar-refractivity contribution is 7.45. The number of phosphoric acid groups is 1. The molecule has 0 aliphatic rings. The highest BCUT2D eigenvalue weighted by Gasteiger charge is 2.23. The molecule has 0 spiro atoms. The van der Waals surface area contributed by atoms with Crippen LogP contribution in [-0.2, 0) is 18.4 Å². The van der Waals surface area contributed by atoms with Crippen molar-refractivity contribution in [3.05, 3.63) is 109 Å². The number of likely N-dealkylation sites (N-methyl/N-ethyl adjacent to an activating group) is 1. The number of allylic oxidation sites excluding steroid dienone is 17. The maximum absolute atomic E-state index is 12.9. The van der Waals surface area contributed by atoms with Gasteiger partial charge in [-0.3, -0.25) is 9.36 Å². The van der Waals surface area contributed by atoms with Gasteiger partial charge in [0.25, 0.3) is 7.82 Å². The molecule has 8 nitrogen and oxygen atoms in total. The van der Waals surface area contributed by atoms with E-state index in [1.54, 1.807) is 6.08 Å². The highest BCUT2D eigenvalue weighted by atomic mass is 31.2. The van der Waals surface area contributed by atoms with E-state index in [9.17, 15) is 19.4 Å². The van der Waals surface area contributed by atoms with Crippen LogP contribution >= 0.6 is 7.82 Å². The van der Waals surface area contributed by atoms with Crippen molar-refractivity contribution in [1.82, 2.24) is 5.32 Å². The number of carbonyl (C=O) groups is 1. The first-order chi connectivity index (χ1) is 36.0. The van der Waals surface area contributed by atoms with Crippen LogP contribution in [0.1, 0.15) is 245 Å². The molecule has 0 fully saturated rings. The number of phosphoric ester groups is 1. The lowest BCUT2D eigenvalue weighted by Crippen LogP contribution is -2.45. The molecule has 9 heteroatoms. The van der Waals surface area contributed by atoms with E-state index in [1.807, 2.05) is 27.2 Å². The van der Waals surface area contributed by atoms with Gasteiger partial charge in [0.05, 0.1) is 39.9 Å². The van der Waals surface area contributed by atoms with Gasteiger partial charge in [0.15, 0.2) is 0 Å². The lowest BCUT2D eigenvalue weighted by Gasteiger charge is -2.29. The van der Waals surface area contributed by atoms with Gasteiger partial charge < -0.3 is 28.8 Å². The summed E-state index contributed by atoms with van der Waals surface area (Å²) in [5.41, 5.74) is 0. The van der Waals surface area contributed by atoms with Crippen molar-refractivity contribution >= 4 is 13.7 Å². The zero-order valence-electron chi connectivity index (χ0n) is 48.5. The minimum absolute atomic E-state index is 0.0238. The minimum atomic E-state index is -4.63. The van der Waals surface area contributed by atoms with Gasteiger partial charge in [0.1, 0.15) is 13.2 Å². The lowest BCUT2D eigenvalue weighted by molar-refractivity contribution is -0.870. The third-order valence-electron chi connectivity index (χ3n) is 12.9. The average Bonchev–Trinajstić information content (AvgIpc) is 3.36. The fourth-order valence-corrected chi connectivity index (χ4v) is 8.97. The fourth-order valence-electron chi connectivity index (χ4n) is 8.25. The Morgan fingerprint density at radius 1 is 0.486 bits per heavy atom. The second-order valence-corrected chi connectivity index (χ2v) is 22.7. The average molecular weight is 1050 g/mol. The molecule has 0 aromatic rings. The van der Waals surface area contributed by atoms with Crippen molar-refractivity contribution in [3.63, 3.8) is 0 Å². The molecule has 0 aromatic heterocycles. The van der Waals surface area contributed by atoms with E-state index >= 15 is 0 Å². The maximum atomic E-state index is 12.9. The molecule has 0 saturated carbocycles. The molecule has 0 aliphatic carbocycles. The number of unbranched alkanes of at least 4 members (excludes halogenated alkanes) is 25. The third kappa shape index (κ3) is 56.9. The van der Waals surface area contributed by atoms with Crippen LogP contribution in [0, 0.1) is 0 Å². The number of quaternary nitrogens is 1. The lowest BCUT2D eigenvalue weighted by atomic mass is 10.0. The van der Waals surface area contributed by atoms with Crippen molar-refractivity contribution in [3.8, 4) is 0 Å². The summed E-state index contributed by atoms with van der Waals surface area (Å²) in [4.78, 5) is 25.5. The molecule has 0 aliphatic heterocycles. The van der Waals surface area contributed by atoms with Crippen LogP contribution in [0.3, 0.4) is 0 Å². The Kier molecular flexibility index (Phi) is 52.8. The molecule has 426 valence electrons. The van der Waals surface area contributed by atoms with Crippen molar-refractivity contribution in [1.29, 1.82) is 0 Å². The number of nitrogens with zero attached hydrogens (tertiary/aromatic N) is 1. The molecular weight excluding hydrogens is 936 g/mol. The second-order valence-electron chi connectivity index (χ2n) is 21.3. The fraction of sp³-hybridized carbons (Fsp3) is 0.708. The molecule has 3 unspecified atom stereocenters. The Labute approximate surface area is 457 Å². The van der Waals surface area contributed by atoms with Gasteiger partial charge in [-0.05, 0) is 96.3 Å². The number of carbonyl (C=O) groups excluding carboxylic acids is 1. The number of aliphatic hydroxyl groups excluding tert-OH is 1. The minimum Gasteiger partial charge on any atom is -0.756 e. The summed E-state index contributed by atoms with van der Waals surface area (Å²) in [7, 11) is 1.19. The number of rotatable bonds is 54. The number of hydrogen-bond donors (Lipinski definition) is 2. The van der Waals surface area contributed by atoms with E-state index < -0.39 is 26.6 Å². The first kappa shape index (κ1) is 71.2. The van der Waals surface area contributed by atoms with Crippen molar-refractivity contribution < 1.29 is 32.9 Å². The third-order valence-corrected chi connectivity index (χ3v) is 13.9. The molecule has 1 amide bonds. The standard InChI is InChI=1S/C65H115N2O6P/c1-6-8-10-12-14-16-18-20-22-24-26-28-29-30-31-32-33-34-35-36-37-39-40-42-44-46-48-50-52-54-56-58-64(68)63(62-73-74(70,71)72-61-60-67(3,4)5)66-65(69)59-57-55-53-51-49-47-45-43-41-38-27-25-23-21-19-17-15-13-11-9-7-2/h9,11,15,17,21,23,27,38,40,42-43,45,48-51,56,58,63-64,68H,6-8,10,12-14,16,18-20,22,24-26,28-37,39,41,44,46-47,52-55,57,59-62H2,1-5H3,(H-,66,69,70,71)/b11-9-,17-15-,23-21-,38-27-,42-40+,45-43-,50-48+,51-49-,58-56+. The molecule has 0 heterocycles. The Balaban J connectivity index is 4.31. The number of amides is 1. The van der Waals surface area contributed by atoms with Crippen LogP contribution in [0.2, 0.25) is 0 Å². The molecule has 0 saturated heterocycles. The van der Waals surface area contributed by atoms with E-state index in [4.69, 9.17) is 9.05 Å². The van der Waals surface area contributed by atoms with Crippen molar-refractivity contribution in [2.24, 2.45) is 0 Å². The van der Waals surface area contributed by atoms with Crippen molar-refractivity contribution in [2.75, 3.05) is 40.9 Å². The van der Waals surface area contributed by atoms with E-state index in [0.717, 1.165) is 70.6 Å². The Hall–Kier alpha value is -2.84. The number of nitrogens with one attached hydrogen (secondary N) is 1. The van der Waals surface area contributed by atoms with E-state index in [1.165, 1.54) is 141 Å². The monoisotopic (exact) mass is 1050 g/mol. The first-order valence-electron chi connectivity index (χ1n) is 30.2. The molecule has 0 aromatic carbocycles. The van der Waals surface area contributed by atoms with Gasteiger partial charge in [-0.2, -0.15) is 0 Å². The predicted molar refractivity (Wildman–Crippen MR) is 320 cm³/mol. The topological polar surface area (TPSA) is 108 Å². The van der Waals surface area contributed by atoms with Gasteiger partial charge in [-0.1, -0.05) is 252 Å².